The van der Waals surface area contributed by atoms with Gasteiger partial charge in [0.2, 0.25) is 0 Å². The van der Waals surface area contributed by atoms with E-state index in [0.29, 0.717) is 0 Å². The van der Waals surface area contributed by atoms with Crippen LogP contribution in [-0.4, -0.2) is 25.0 Å². The number of thiophene rings is 1. The van der Waals surface area contributed by atoms with Gasteiger partial charge in [-0.05, 0) is 69.2 Å². The van der Waals surface area contributed by atoms with Gasteiger partial charge in [0.05, 0.1) is 0 Å². The molecule has 3 unspecified atom stereocenters. The molecule has 0 radical (unpaired) electrons. The molecule has 1 heterocycles. The van der Waals surface area contributed by atoms with Crippen LogP contribution in [0.2, 0.25) is 0 Å². The molecule has 0 aromatic carbocycles. The van der Waals surface area contributed by atoms with Crippen molar-refractivity contribution in [1.82, 2.24) is 10.2 Å². The van der Waals surface area contributed by atoms with Crippen molar-refractivity contribution < 1.29 is 0 Å². The van der Waals surface area contributed by atoms with Crippen LogP contribution in [0.5, 0.6) is 0 Å². The number of rotatable bonds is 7. The molecule has 2 bridgehead atoms. The van der Waals surface area contributed by atoms with Crippen LogP contribution in [0.25, 0.3) is 0 Å². The van der Waals surface area contributed by atoms with Gasteiger partial charge in [-0.3, -0.25) is 0 Å². The molecule has 0 saturated heterocycles. The van der Waals surface area contributed by atoms with Crippen LogP contribution in [0.3, 0.4) is 0 Å². The fraction of sp³-hybridized carbons (Fsp3) is 0.778. The third kappa shape index (κ3) is 3.69. The smallest absolute Gasteiger partial charge is 0.0299 e. The molecule has 21 heavy (non-hydrogen) atoms. The molecule has 1 aromatic heterocycles. The predicted octanol–water partition coefficient (Wildman–Crippen LogP) is 4.03. The van der Waals surface area contributed by atoms with Crippen LogP contribution in [0, 0.1) is 24.7 Å². The summed E-state index contributed by atoms with van der Waals surface area (Å²) in [5.41, 5.74) is 1.54. The zero-order valence-corrected chi connectivity index (χ0v) is 14.6. The van der Waals surface area contributed by atoms with E-state index in [0.717, 1.165) is 37.4 Å². The minimum Gasteiger partial charge on any atom is -0.312 e. The first-order valence-corrected chi connectivity index (χ1v) is 9.44. The fourth-order valence-electron chi connectivity index (χ4n) is 4.44. The van der Waals surface area contributed by atoms with Crippen molar-refractivity contribution in [2.45, 2.75) is 52.6 Å². The van der Waals surface area contributed by atoms with Crippen molar-refractivity contribution in [2.24, 2.45) is 17.8 Å². The Morgan fingerprint density at radius 3 is 2.86 bits per heavy atom. The van der Waals surface area contributed by atoms with E-state index >= 15 is 0 Å². The summed E-state index contributed by atoms with van der Waals surface area (Å²) in [6.07, 6.45) is 6.06. The van der Waals surface area contributed by atoms with E-state index in [1.165, 1.54) is 42.0 Å². The van der Waals surface area contributed by atoms with Gasteiger partial charge in [-0.2, -0.15) is 0 Å². The van der Waals surface area contributed by atoms with Crippen LogP contribution in [-0.2, 0) is 13.1 Å². The van der Waals surface area contributed by atoms with Gasteiger partial charge in [-0.25, -0.2) is 0 Å². The van der Waals surface area contributed by atoms with Crippen molar-refractivity contribution in [2.75, 3.05) is 20.1 Å². The number of hydrogen-bond acceptors (Lipinski definition) is 3. The first-order valence-electron chi connectivity index (χ1n) is 8.63. The topological polar surface area (TPSA) is 15.3 Å². The van der Waals surface area contributed by atoms with Crippen molar-refractivity contribution >= 4 is 11.3 Å². The summed E-state index contributed by atoms with van der Waals surface area (Å²) < 4.78 is 0. The third-order valence-electron chi connectivity index (χ3n) is 5.49. The van der Waals surface area contributed by atoms with Gasteiger partial charge in [0, 0.05) is 29.4 Å². The summed E-state index contributed by atoms with van der Waals surface area (Å²) in [4.78, 5) is 5.55. The normalized spacial score (nSPS) is 27.9. The quantitative estimate of drug-likeness (QED) is 0.818. The predicted molar refractivity (Wildman–Crippen MR) is 91.7 cm³/mol. The Bertz CT molecular complexity index is 468. The molecular formula is C18H30N2S. The molecule has 3 rings (SSSR count). The van der Waals surface area contributed by atoms with Crippen LogP contribution >= 0.6 is 11.3 Å². The van der Waals surface area contributed by atoms with E-state index in [-0.39, 0.29) is 0 Å². The number of nitrogens with one attached hydrogen (secondary N) is 1. The van der Waals surface area contributed by atoms with Gasteiger partial charge in [0.15, 0.2) is 0 Å². The summed E-state index contributed by atoms with van der Waals surface area (Å²) in [5, 5.41) is 3.43. The first-order chi connectivity index (χ1) is 10.2. The summed E-state index contributed by atoms with van der Waals surface area (Å²) in [6, 6.07) is 2.42. The standard InChI is InChI=1S/C18H30N2S/c1-4-19-10-18-9-16(13(2)21-18)11-20(3)12-17-8-14-5-6-15(17)7-14/h9,14-15,17,19H,4-8,10-12H2,1-3H3. The van der Waals surface area contributed by atoms with Crippen molar-refractivity contribution in [3.63, 3.8) is 0 Å². The van der Waals surface area contributed by atoms with Gasteiger partial charge in [0.1, 0.15) is 0 Å². The second-order valence-corrected chi connectivity index (χ2v) is 8.55. The highest BCUT2D eigenvalue weighted by Gasteiger charge is 2.39. The Labute approximate surface area is 133 Å². The van der Waals surface area contributed by atoms with E-state index in [1.807, 2.05) is 11.3 Å². The monoisotopic (exact) mass is 306 g/mol. The Kier molecular flexibility index (Phi) is 5.03. The lowest BCUT2D eigenvalue weighted by Gasteiger charge is -2.27. The average molecular weight is 307 g/mol. The highest BCUT2D eigenvalue weighted by atomic mass is 32.1. The summed E-state index contributed by atoms with van der Waals surface area (Å²) in [7, 11) is 2.31. The first kappa shape index (κ1) is 15.5. The fourth-order valence-corrected chi connectivity index (χ4v) is 5.46. The van der Waals surface area contributed by atoms with Crippen molar-refractivity contribution in [1.29, 1.82) is 0 Å². The zero-order valence-electron chi connectivity index (χ0n) is 13.8. The second-order valence-electron chi connectivity index (χ2n) is 7.21. The molecule has 2 aliphatic carbocycles. The van der Waals surface area contributed by atoms with Crippen molar-refractivity contribution in [3.05, 3.63) is 21.4 Å². The number of aryl methyl sites for hydroxylation is 1. The molecule has 3 heteroatoms. The van der Waals surface area contributed by atoms with Gasteiger partial charge in [-0.1, -0.05) is 13.3 Å². The molecule has 3 atom stereocenters. The van der Waals surface area contributed by atoms with Crippen LogP contribution in [0.15, 0.2) is 6.07 Å². The van der Waals surface area contributed by atoms with Crippen LogP contribution in [0.4, 0.5) is 0 Å². The molecular weight excluding hydrogens is 276 g/mol. The highest BCUT2D eigenvalue weighted by molar-refractivity contribution is 7.12. The largest absolute Gasteiger partial charge is 0.312 e. The molecule has 118 valence electrons. The molecule has 1 N–H and O–H groups in total. The zero-order chi connectivity index (χ0) is 14.8. The van der Waals surface area contributed by atoms with Gasteiger partial charge in [0.25, 0.3) is 0 Å². The molecule has 2 fully saturated rings. The molecule has 0 aliphatic heterocycles. The SMILES string of the molecule is CCNCc1cc(CN(C)CC2CC3CCC2C3)c(C)s1. The summed E-state index contributed by atoms with van der Waals surface area (Å²) in [6.45, 7) is 8.96. The minimum absolute atomic E-state index is 0.980. The number of fused-ring (bicyclic) bond motifs is 2. The van der Waals surface area contributed by atoms with E-state index in [1.54, 1.807) is 5.56 Å². The Morgan fingerprint density at radius 2 is 2.19 bits per heavy atom. The van der Waals surface area contributed by atoms with E-state index in [4.69, 9.17) is 0 Å². The van der Waals surface area contributed by atoms with Gasteiger partial charge in [-0.15, -0.1) is 11.3 Å². The van der Waals surface area contributed by atoms with Gasteiger partial charge < -0.3 is 10.2 Å². The highest BCUT2D eigenvalue weighted by Crippen LogP contribution is 2.48. The average Bonchev–Trinajstić information content (AvgIpc) is 3.13. The molecule has 1 aromatic rings. The number of nitrogens with zero attached hydrogens (tertiary/aromatic N) is 1. The number of hydrogen-bond donors (Lipinski definition) is 1. The van der Waals surface area contributed by atoms with E-state index in [2.05, 4.69) is 37.2 Å². The maximum absolute atomic E-state index is 3.43. The maximum Gasteiger partial charge on any atom is 0.0299 e. The molecule has 2 aliphatic rings. The summed E-state index contributed by atoms with van der Waals surface area (Å²) >= 11 is 1.96. The van der Waals surface area contributed by atoms with Crippen LogP contribution in [0.1, 0.15) is 47.9 Å². The lowest BCUT2D eigenvalue weighted by Crippen LogP contribution is -2.28. The Hall–Kier alpha value is -0.380. The van der Waals surface area contributed by atoms with Gasteiger partial charge >= 0.3 is 0 Å². The molecule has 0 amide bonds. The van der Waals surface area contributed by atoms with Crippen LogP contribution < -0.4 is 5.32 Å². The lowest BCUT2D eigenvalue weighted by atomic mass is 9.88. The van der Waals surface area contributed by atoms with E-state index < -0.39 is 0 Å². The molecule has 0 spiro atoms. The second kappa shape index (κ2) is 6.80. The molecule has 2 nitrogen and oxygen atoms in total. The lowest BCUT2D eigenvalue weighted by molar-refractivity contribution is 0.214. The van der Waals surface area contributed by atoms with Crippen molar-refractivity contribution in [3.8, 4) is 0 Å². The third-order valence-corrected chi connectivity index (χ3v) is 6.58. The minimum atomic E-state index is 0.980. The Morgan fingerprint density at radius 1 is 1.33 bits per heavy atom. The molecule has 2 saturated carbocycles. The van der Waals surface area contributed by atoms with E-state index in [9.17, 15) is 0 Å². The maximum atomic E-state index is 3.43. The summed E-state index contributed by atoms with van der Waals surface area (Å²) in [5.74, 6) is 3.10. The Balaban J connectivity index is 1.52.